The van der Waals surface area contributed by atoms with Crippen molar-refractivity contribution in [1.82, 2.24) is 19.9 Å². The number of aromatic nitrogens is 3. The summed E-state index contributed by atoms with van der Waals surface area (Å²) in [5.74, 6) is 0.851. The van der Waals surface area contributed by atoms with E-state index in [1.807, 2.05) is 16.6 Å². The van der Waals surface area contributed by atoms with Crippen molar-refractivity contribution in [3.8, 4) is 17.5 Å². The Bertz CT molecular complexity index is 1460. The van der Waals surface area contributed by atoms with Crippen molar-refractivity contribution in [2.45, 2.75) is 76.0 Å². The molecule has 0 aliphatic heterocycles. The minimum absolute atomic E-state index is 0.0670. The summed E-state index contributed by atoms with van der Waals surface area (Å²) >= 11 is 0. The van der Waals surface area contributed by atoms with Crippen molar-refractivity contribution in [2.75, 3.05) is 13.7 Å². The van der Waals surface area contributed by atoms with E-state index in [0.29, 0.717) is 23.1 Å². The highest BCUT2D eigenvalue weighted by molar-refractivity contribution is 6.01. The van der Waals surface area contributed by atoms with Crippen LogP contribution in [0.25, 0.3) is 5.52 Å². The molecule has 0 unspecified atom stereocenters. The van der Waals surface area contributed by atoms with Gasteiger partial charge in [0.25, 0.3) is 11.8 Å². The lowest BCUT2D eigenvalue weighted by Gasteiger charge is -2.57. The van der Waals surface area contributed by atoms with Crippen LogP contribution in [0.1, 0.15) is 84.7 Å². The minimum Gasteiger partial charge on any atom is -0.489 e. The number of ether oxygens (including phenoxy) is 3. The molecule has 0 bridgehead atoms. The highest BCUT2D eigenvalue weighted by Gasteiger charge is 2.54. The highest BCUT2D eigenvalue weighted by atomic mass is 16.5. The van der Waals surface area contributed by atoms with Gasteiger partial charge in [-0.3, -0.25) is 9.59 Å². The van der Waals surface area contributed by atoms with E-state index >= 15 is 0 Å². The fraction of sp³-hybridized carbons (Fsp3) is 0.517. The monoisotopic (exact) mass is 549 g/mol. The molecule has 4 N–H and O–H groups in total. The lowest BCUT2D eigenvalue weighted by Crippen LogP contribution is -2.58. The van der Waals surface area contributed by atoms with Crippen LogP contribution in [0.2, 0.25) is 0 Å². The number of hydrogen-bond acceptors (Lipinski definition) is 8. The van der Waals surface area contributed by atoms with Gasteiger partial charge in [0.05, 0.1) is 35.7 Å². The van der Waals surface area contributed by atoms with E-state index in [1.54, 1.807) is 32.2 Å². The second-order valence-corrected chi connectivity index (χ2v) is 12.1. The molecule has 3 saturated carbocycles. The Morgan fingerprint density at radius 2 is 1.90 bits per heavy atom. The van der Waals surface area contributed by atoms with Gasteiger partial charge in [-0.2, -0.15) is 10.1 Å². The van der Waals surface area contributed by atoms with Gasteiger partial charge in [-0.25, -0.2) is 4.52 Å². The number of methoxy groups -OCH3 is 1. The summed E-state index contributed by atoms with van der Waals surface area (Å²) < 4.78 is 18.9. The van der Waals surface area contributed by atoms with Crippen LogP contribution in [0.4, 0.5) is 0 Å². The van der Waals surface area contributed by atoms with Gasteiger partial charge in [0.15, 0.2) is 0 Å². The molecule has 11 heteroatoms. The fourth-order valence-electron chi connectivity index (χ4n) is 5.98. The Balaban J connectivity index is 1.07. The second kappa shape index (κ2) is 9.65. The van der Waals surface area contributed by atoms with E-state index in [2.05, 4.69) is 15.4 Å². The smallest absolute Gasteiger partial charge is 0.255 e. The normalized spacial score (nSPS) is 23.8. The van der Waals surface area contributed by atoms with E-state index in [4.69, 9.17) is 19.9 Å². The number of fused-ring (bicyclic) bond motifs is 1. The number of carbonyl (C=O) groups is 2. The molecule has 0 aromatic carbocycles. The Hall–Kier alpha value is -3.86. The van der Waals surface area contributed by atoms with Gasteiger partial charge in [0.1, 0.15) is 24.0 Å². The molecule has 3 heterocycles. The number of aliphatic hydroxyl groups is 1. The Kier molecular flexibility index (Phi) is 6.36. The van der Waals surface area contributed by atoms with Gasteiger partial charge in [0, 0.05) is 18.0 Å². The first kappa shape index (κ1) is 26.4. The van der Waals surface area contributed by atoms with Crippen LogP contribution in [0.5, 0.6) is 17.5 Å². The number of rotatable bonds is 10. The molecular formula is C29H35N5O6. The standard InChI is InChI=1S/C29H35N5O6/c1-28(2,37)15-39-22-8-7-21-20(14-31-34(21)24(22)16-4-5-16)26(36)32-17-10-29(11-17)12-18(13-29)40-27-19(25(30)35)6-9-23(33-27)38-3/h6-9,14,16-18,37H,4-5,10-13,15H2,1-3H3,(H2,30,35)(H,32,36). The quantitative estimate of drug-likeness (QED) is 0.349. The average Bonchev–Trinajstić information content (AvgIpc) is 3.61. The van der Waals surface area contributed by atoms with E-state index in [0.717, 1.165) is 49.7 Å². The van der Waals surface area contributed by atoms with Crippen LogP contribution in [0.15, 0.2) is 30.5 Å². The molecule has 3 aromatic heterocycles. The SMILES string of the molecule is COc1ccc(C(N)=O)c(OC2CC3(CC(NC(=O)c4cnn5c(C6CC6)c(OCC(C)(C)O)ccc45)C3)C2)n1. The van der Waals surface area contributed by atoms with E-state index < -0.39 is 11.5 Å². The first-order valence-corrected chi connectivity index (χ1v) is 13.7. The third kappa shape index (κ3) is 5.05. The Labute approximate surface area is 232 Å². The van der Waals surface area contributed by atoms with Crippen LogP contribution in [-0.4, -0.2) is 63.0 Å². The molecule has 0 saturated heterocycles. The molecule has 2 amide bonds. The second-order valence-electron chi connectivity index (χ2n) is 12.1. The zero-order chi connectivity index (χ0) is 28.2. The highest BCUT2D eigenvalue weighted by Crippen LogP contribution is 2.57. The minimum atomic E-state index is -0.948. The van der Waals surface area contributed by atoms with Crippen molar-refractivity contribution in [1.29, 1.82) is 0 Å². The van der Waals surface area contributed by atoms with Gasteiger partial charge in [-0.15, -0.1) is 0 Å². The van der Waals surface area contributed by atoms with Gasteiger partial charge in [-0.05, 0) is 76.0 Å². The molecule has 3 fully saturated rings. The predicted octanol–water partition coefficient (Wildman–Crippen LogP) is 2.98. The molecule has 3 aromatic rings. The van der Waals surface area contributed by atoms with Crippen LogP contribution in [-0.2, 0) is 0 Å². The van der Waals surface area contributed by atoms with Gasteiger partial charge >= 0.3 is 0 Å². The predicted molar refractivity (Wildman–Crippen MR) is 145 cm³/mol. The summed E-state index contributed by atoms with van der Waals surface area (Å²) in [6.07, 6.45) is 7.04. The van der Waals surface area contributed by atoms with Gasteiger partial charge in [0.2, 0.25) is 11.8 Å². The summed E-state index contributed by atoms with van der Waals surface area (Å²) in [7, 11) is 1.50. The summed E-state index contributed by atoms with van der Waals surface area (Å²) in [4.78, 5) is 29.2. The molecular weight excluding hydrogens is 514 g/mol. The van der Waals surface area contributed by atoms with Crippen molar-refractivity contribution in [3.63, 3.8) is 0 Å². The maximum Gasteiger partial charge on any atom is 0.255 e. The van der Waals surface area contributed by atoms with Crippen LogP contribution < -0.4 is 25.3 Å². The van der Waals surface area contributed by atoms with Crippen molar-refractivity contribution in [2.24, 2.45) is 11.1 Å². The lowest BCUT2D eigenvalue weighted by molar-refractivity contribution is -0.0849. The summed E-state index contributed by atoms with van der Waals surface area (Å²) in [5, 5.41) is 17.8. The number of pyridine rings is 2. The molecule has 3 aliphatic carbocycles. The van der Waals surface area contributed by atoms with Gasteiger partial charge < -0.3 is 30.4 Å². The number of nitrogens with two attached hydrogens (primary N) is 1. The molecule has 0 radical (unpaired) electrons. The van der Waals surface area contributed by atoms with E-state index in [1.165, 1.54) is 7.11 Å². The Morgan fingerprint density at radius 3 is 2.55 bits per heavy atom. The number of hydrogen-bond donors (Lipinski definition) is 3. The van der Waals surface area contributed by atoms with Crippen molar-refractivity contribution >= 4 is 17.3 Å². The molecule has 11 nitrogen and oxygen atoms in total. The number of primary amides is 1. The van der Waals surface area contributed by atoms with Crippen LogP contribution in [0.3, 0.4) is 0 Å². The van der Waals surface area contributed by atoms with Gasteiger partial charge in [-0.1, -0.05) is 0 Å². The topological polar surface area (TPSA) is 150 Å². The largest absolute Gasteiger partial charge is 0.489 e. The molecule has 0 atom stereocenters. The van der Waals surface area contributed by atoms with E-state index in [-0.39, 0.29) is 41.5 Å². The number of amides is 2. The van der Waals surface area contributed by atoms with Crippen LogP contribution >= 0.6 is 0 Å². The molecule has 6 rings (SSSR count). The van der Waals surface area contributed by atoms with Crippen LogP contribution in [0, 0.1) is 5.41 Å². The summed E-state index contributed by atoms with van der Waals surface area (Å²) in [6, 6.07) is 6.95. The van der Waals surface area contributed by atoms with Crippen molar-refractivity contribution in [3.05, 3.63) is 47.3 Å². The maximum absolute atomic E-state index is 13.2. The average molecular weight is 550 g/mol. The molecule has 3 aliphatic rings. The fourth-order valence-corrected chi connectivity index (χ4v) is 5.98. The number of nitrogens with zero attached hydrogens (tertiary/aromatic N) is 3. The van der Waals surface area contributed by atoms with Crippen molar-refractivity contribution < 1.29 is 28.9 Å². The molecule has 1 spiro atoms. The first-order valence-electron chi connectivity index (χ1n) is 13.7. The zero-order valence-electron chi connectivity index (χ0n) is 23.0. The molecule has 212 valence electrons. The number of carbonyl (C=O) groups excluding carboxylic acids is 2. The third-order valence-electron chi connectivity index (χ3n) is 8.07. The maximum atomic E-state index is 13.2. The molecule has 40 heavy (non-hydrogen) atoms. The summed E-state index contributed by atoms with van der Waals surface area (Å²) in [6.45, 7) is 3.58. The number of nitrogens with one attached hydrogen (secondary N) is 1. The zero-order valence-corrected chi connectivity index (χ0v) is 23.0. The summed E-state index contributed by atoms with van der Waals surface area (Å²) in [5.41, 5.74) is 7.12. The van der Waals surface area contributed by atoms with E-state index in [9.17, 15) is 14.7 Å². The lowest BCUT2D eigenvalue weighted by atomic mass is 9.53. The Morgan fingerprint density at radius 1 is 1.15 bits per heavy atom. The first-order chi connectivity index (χ1) is 19.0. The third-order valence-corrected chi connectivity index (χ3v) is 8.07.